The summed E-state index contributed by atoms with van der Waals surface area (Å²) in [6, 6.07) is 7.04. The Morgan fingerprint density at radius 3 is 2.70 bits per heavy atom. The summed E-state index contributed by atoms with van der Waals surface area (Å²) in [7, 11) is 0. The minimum absolute atomic E-state index is 0.170. The number of nitro groups is 1. The van der Waals surface area contributed by atoms with E-state index in [1.807, 2.05) is 0 Å². The molecule has 2 rings (SSSR count). The van der Waals surface area contributed by atoms with Crippen LogP contribution in [-0.2, 0) is 6.42 Å². The lowest BCUT2D eigenvalue weighted by atomic mass is 10.2. The average Bonchev–Trinajstić information content (AvgIpc) is 2.40. The fourth-order valence-electron chi connectivity index (χ4n) is 1.71. The van der Waals surface area contributed by atoms with E-state index in [-0.39, 0.29) is 23.1 Å². The minimum atomic E-state index is -0.576. The maximum Gasteiger partial charge on any atom is 0.332 e. The second-order valence-corrected chi connectivity index (χ2v) is 4.35. The van der Waals surface area contributed by atoms with Gasteiger partial charge in [0.25, 0.3) is 0 Å². The van der Waals surface area contributed by atoms with Crippen molar-refractivity contribution in [3.63, 3.8) is 0 Å². The van der Waals surface area contributed by atoms with Crippen molar-refractivity contribution < 1.29 is 4.92 Å². The third-order valence-electron chi connectivity index (χ3n) is 2.62. The zero-order valence-electron chi connectivity index (χ0n) is 10.6. The molecular formula is C12H12ClN5O2. The molecule has 1 aromatic heterocycles. The highest BCUT2D eigenvalue weighted by atomic mass is 35.5. The lowest BCUT2D eigenvalue weighted by Crippen LogP contribution is -2.08. The van der Waals surface area contributed by atoms with Gasteiger partial charge in [-0.15, -0.1) is 0 Å². The van der Waals surface area contributed by atoms with E-state index in [0.29, 0.717) is 17.1 Å². The Bertz CT molecular complexity index is 662. The van der Waals surface area contributed by atoms with Gasteiger partial charge in [0.2, 0.25) is 11.8 Å². The molecule has 0 spiro atoms. The summed E-state index contributed by atoms with van der Waals surface area (Å²) in [5, 5.41) is 14.3. The van der Waals surface area contributed by atoms with E-state index in [1.165, 1.54) is 0 Å². The predicted molar refractivity (Wildman–Crippen MR) is 77.2 cm³/mol. The fourth-order valence-corrected chi connectivity index (χ4v) is 1.89. The molecule has 1 heterocycles. The molecule has 0 unspecified atom stereocenters. The standard InChI is InChI=1S/C12H12ClN5O2/c1-2-8-10(18(19)20)11(14)17-12(15-8)16-9-6-4-3-5-7(9)13/h3-6H,2H2,1H3,(H3,14,15,16,17). The van der Waals surface area contributed by atoms with E-state index in [0.717, 1.165) is 0 Å². The molecule has 0 amide bonds. The van der Waals surface area contributed by atoms with Gasteiger partial charge in [-0.3, -0.25) is 10.1 Å². The highest BCUT2D eigenvalue weighted by Gasteiger charge is 2.21. The van der Waals surface area contributed by atoms with Gasteiger partial charge in [-0.25, -0.2) is 4.98 Å². The van der Waals surface area contributed by atoms with Crippen LogP contribution < -0.4 is 11.1 Å². The topological polar surface area (TPSA) is 107 Å². The predicted octanol–water partition coefficient (Wildman–Crippen LogP) is 2.93. The van der Waals surface area contributed by atoms with Crippen LogP contribution in [0.4, 0.5) is 23.1 Å². The number of rotatable bonds is 4. The van der Waals surface area contributed by atoms with Crippen molar-refractivity contribution in [2.45, 2.75) is 13.3 Å². The Morgan fingerprint density at radius 2 is 2.10 bits per heavy atom. The van der Waals surface area contributed by atoms with E-state index < -0.39 is 4.92 Å². The summed E-state index contributed by atoms with van der Waals surface area (Å²) < 4.78 is 0. The Kier molecular flexibility index (Phi) is 3.99. The van der Waals surface area contributed by atoms with Crippen molar-refractivity contribution in [2.24, 2.45) is 0 Å². The van der Waals surface area contributed by atoms with Gasteiger partial charge in [0, 0.05) is 0 Å². The number of aromatic nitrogens is 2. The van der Waals surface area contributed by atoms with Crippen molar-refractivity contribution in [3.05, 3.63) is 45.1 Å². The molecule has 0 aliphatic rings. The first kappa shape index (κ1) is 14.0. The second kappa shape index (κ2) is 5.70. The number of hydrogen-bond donors (Lipinski definition) is 2. The van der Waals surface area contributed by atoms with Crippen molar-refractivity contribution in [1.29, 1.82) is 0 Å². The molecule has 20 heavy (non-hydrogen) atoms. The van der Waals surface area contributed by atoms with Crippen LogP contribution in [-0.4, -0.2) is 14.9 Å². The maximum absolute atomic E-state index is 10.9. The zero-order chi connectivity index (χ0) is 14.7. The first-order valence-corrected chi connectivity index (χ1v) is 6.23. The third kappa shape index (κ3) is 2.77. The first-order chi connectivity index (χ1) is 9.52. The van der Waals surface area contributed by atoms with E-state index in [2.05, 4.69) is 15.3 Å². The molecular weight excluding hydrogens is 282 g/mol. The Hall–Kier alpha value is -2.41. The van der Waals surface area contributed by atoms with Crippen LogP contribution in [0.3, 0.4) is 0 Å². The smallest absolute Gasteiger partial charge is 0.332 e. The number of hydrogen-bond acceptors (Lipinski definition) is 6. The molecule has 3 N–H and O–H groups in total. The minimum Gasteiger partial charge on any atom is -0.378 e. The van der Waals surface area contributed by atoms with Crippen LogP contribution in [0.2, 0.25) is 5.02 Å². The summed E-state index contributed by atoms with van der Waals surface area (Å²) in [5.74, 6) is 0.00875. The molecule has 7 nitrogen and oxygen atoms in total. The van der Waals surface area contributed by atoms with Gasteiger partial charge in [0.15, 0.2) is 0 Å². The van der Waals surface area contributed by atoms with Gasteiger partial charge in [-0.1, -0.05) is 30.7 Å². The van der Waals surface area contributed by atoms with Crippen LogP contribution in [0.15, 0.2) is 24.3 Å². The Labute approximate surface area is 120 Å². The number of nitrogens with two attached hydrogens (primary N) is 1. The van der Waals surface area contributed by atoms with E-state index in [1.54, 1.807) is 31.2 Å². The van der Waals surface area contributed by atoms with Crippen LogP contribution in [0.5, 0.6) is 0 Å². The van der Waals surface area contributed by atoms with Gasteiger partial charge >= 0.3 is 5.69 Å². The van der Waals surface area contributed by atoms with Crippen molar-refractivity contribution in [3.8, 4) is 0 Å². The van der Waals surface area contributed by atoms with Crippen molar-refractivity contribution in [2.75, 3.05) is 11.1 Å². The van der Waals surface area contributed by atoms with Crippen molar-refractivity contribution in [1.82, 2.24) is 9.97 Å². The largest absolute Gasteiger partial charge is 0.378 e. The number of nitrogen functional groups attached to an aromatic ring is 1. The van der Waals surface area contributed by atoms with Gasteiger partial charge in [-0.2, -0.15) is 4.98 Å². The van der Waals surface area contributed by atoms with Gasteiger partial charge in [0.1, 0.15) is 5.69 Å². The number of anilines is 3. The van der Waals surface area contributed by atoms with Crippen LogP contribution >= 0.6 is 11.6 Å². The molecule has 2 aromatic rings. The van der Waals surface area contributed by atoms with Crippen molar-refractivity contribution >= 4 is 34.7 Å². The summed E-state index contributed by atoms with van der Waals surface area (Å²) in [5.41, 5.74) is 6.25. The lowest BCUT2D eigenvalue weighted by Gasteiger charge is -2.09. The normalized spacial score (nSPS) is 10.3. The molecule has 8 heteroatoms. The summed E-state index contributed by atoms with van der Waals surface area (Å²) in [6.07, 6.45) is 0.375. The molecule has 0 radical (unpaired) electrons. The van der Waals surface area contributed by atoms with Gasteiger partial charge in [0.05, 0.1) is 15.6 Å². The number of aryl methyl sites for hydroxylation is 1. The first-order valence-electron chi connectivity index (χ1n) is 5.85. The van der Waals surface area contributed by atoms with Crippen LogP contribution in [0, 0.1) is 10.1 Å². The molecule has 0 bridgehead atoms. The number of para-hydroxylation sites is 1. The van der Waals surface area contributed by atoms with E-state index in [4.69, 9.17) is 17.3 Å². The molecule has 0 atom stereocenters. The molecule has 0 fully saturated rings. The monoisotopic (exact) mass is 293 g/mol. The summed E-state index contributed by atoms with van der Waals surface area (Å²) in [4.78, 5) is 18.4. The quantitative estimate of drug-likeness (QED) is 0.663. The molecule has 1 aromatic carbocycles. The highest BCUT2D eigenvalue weighted by Crippen LogP contribution is 2.28. The van der Waals surface area contributed by atoms with Gasteiger partial charge in [-0.05, 0) is 18.6 Å². The Balaban J connectivity index is 2.42. The number of benzene rings is 1. The Morgan fingerprint density at radius 1 is 1.40 bits per heavy atom. The molecule has 0 aliphatic carbocycles. The lowest BCUT2D eigenvalue weighted by molar-refractivity contribution is -0.385. The average molecular weight is 294 g/mol. The molecule has 0 saturated heterocycles. The molecule has 0 saturated carbocycles. The maximum atomic E-state index is 10.9. The second-order valence-electron chi connectivity index (χ2n) is 3.94. The van der Waals surface area contributed by atoms with E-state index >= 15 is 0 Å². The number of nitrogens with zero attached hydrogens (tertiary/aromatic N) is 3. The SMILES string of the molecule is CCc1nc(Nc2ccccc2Cl)nc(N)c1[N+](=O)[O-]. The number of nitrogens with one attached hydrogen (secondary N) is 1. The van der Waals surface area contributed by atoms with Gasteiger partial charge < -0.3 is 11.1 Å². The summed E-state index contributed by atoms with van der Waals surface area (Å²) in [6.45, 7) is 1.76. The summed E-state index contributed by atoms with van der Waals surface area (Å²) >= 11 is 6.01. The fraction of sp³-hybridized carbons (Fsp3) is 0.167. The molecule has 104 valence electrons. The van der Waals surface area contributed by atoms with E-state index in [9.17, 15) is 10.1 Å². The third-order valence-corrected chi connectivity index (χ3v) is 2.95. The number of halogens is 1. The van der Waals surface area contributed by atoms with Crippen LogP contribution in [0.1, 0.15) is 12.6 Å². The van der Waals surface area contributed by atoms with Crippen LogP contribution in [0.25, 0.3) is 0 Å². The molecule has 0 aliphatic heterocycles. The highest BCUT2D eigenvalue weighted by molar-refractivity contribution is 6.33. The zero-order valence-corrected chi connectivity index (χ0v) is 11.4.